The molecule has 0 aromatic carbocycles. The van der Waals surface area contributed by atoms with Gasteiger partial charge in [0.25, 0.3) is 0 Å². The van der Waals surface area contributed by atoms with Crippen LogP contribution < -0.4 is 0 Å². The van der Waals surface area contributed by atoms with Crippen LogP contribution in [-0.4, -0.2) is 212 Å². The average molecular weight is 941 g/mol. The maximum Gasteiger partial charge on any atom is 0.309 e. The van der Waals surface area contributed by atoms with Crippen LogP contribution in [0.2, 0.25) is 0 Å². The van der Waals surface area contributed by atoms with Crippen molar-refractivity contribution in [2.45, 2.75) is 192 Å². The van der Waals surface area contributed by atoms with Crippen molar-refractivity contribution in [3.63, 3.8) is 0 Å². The van der Waals surface area contributed by atoms with E-state index in [1.165, 1.54) is 14.0 Å². The molecule has 1 unspecified atom stereocenters. The van der Waals surface area contributed by atoms with Crippen molar-refractivity contribution in [3.8, 4) is 0 Å². The zero-order chi connectivity index (χ0) is 49.1. The number of likely N-dealkylation sites (N-methyl/N-ethyl adjacent to an activating group) is 2. The second kappa shape index (κ2) is 22.6. The quantitative estimate of drug-likeness (QED) is 0.197. The summed E-state index contributed by atoms with van der Waals surface area (Å²) in [6, 6.07) is -0.982. The summed E-state index contributed by atoms with van der Waals surface area (Å²) in [5.74, 6) is -3.20. The maximum absolute atomic E-state index is 14.6. The molecule has 0 saturated carbocycles. The van der Waals surface area contributed by atoms with Gasteiger partial charge < -0.3 is 68.7 Å². The number of hydrogen-bond donors (Lipinski definition) is 5. The summed E-state index contributed by atoms with van der Waals surface area (Å²) in [4.78, 5) is 33.1. The number of amides is 1. The number of cyclic esters (lactones) is 1. The Morgan fingerprint density at radius 3 is 2.30 bits per heavy atom. The minimum Gasteiger partial charge on any atom is -0.459 e. The standard InChI is InChI=1S/C47H84N6O13/c1-14-36-47(10,60)40(56)31(6)51(12)24-27(2)22-45(8,59)42(29(4)38(30(5)43(58)65-36)35-23-46(9,61-13)41(57)32(7)64-35)66-44-39(55)34(21-28(3)63-44)50(11)16-15-33-25-53(49-48-33)26-37(54)52-17-19-62-20-18-52/h25,27-32,34-36,38-42,44,55-57,59-60H,14-24,26H2,1-13H3/t27-,28-,29+,30-,31-,32+,34+,35-,36-,38?,39-,40-,41+,42-,44+,45-,46-,47-/m1/s1. The Hall–Kier alpha value is -2.40. The van der Waals surface area contributed by atoms with Crippen molar-refractivity contribution in [1.29, 1.82) is 0 Å². The van der Waals surface area contributed by atoms with Crippen molar-refractivity contribution >= 4 is 11.9 Å². The van der Waals surface area contributed by atoms with Crippen molar-refractivity contribution in [2.24, 2.45) is 23.7 Å². The molecule has 0 spiro atoms. The van der Waals surface area contributed by atoms with E-state index in [0.29, 0.717) is 57.9 Å². The summed E-state index contributed by atoms with van der Waals surface area (Å²) in [5.41, 5.74) is -3.76. The molecule has 1 aromatic rings. The molecule has 18 atom stereocenters. The lowest BCUT2D eigenvalue weighted by Gasteiger charge is -2.51. The van der Waals surface area contributed by atoms with Gasteiger partial charge in [0.1, 0.15) is 36.6 Å². The normalized spacial score (nSPS) is 43.0. The average Bonchev–Trinajstić information content (AvgIpc) is 3.72. The van der Waals surface area contributed by atoms with Gasteiger partial charge in [-0.15, -0.1) is 5.10 Å². The van der Waals surface area contributed by atoms with Crippen LogP contribution >= 0.6 is 0 Å². The molecule has 0 aliphatic carbocycles. The third-order valence-corrected chi connectivity index (χ3v) is 15.4. The largest absolute Gasteiger partial charge is 0.459 e. The van der Waals surface area contributed by atoms with Crippen LogP contribution in [0.4, 0.5) is 0 Å². The Kier molecular flexibility index (Phi) is 18.6. The van der Waals surface area contributed by atoms with E-state index in [-0.39, 0.29) is 43.7 Å². The van der Waals surface area contributed by atoms with Gasteiger partial charge in [0, 0.05) is 70.3 Å². The number of carbonyl (C=O) groups excluding carboxylic acids is 2. The van der Waals surface area contributed by atoms with Crippen molar-refractivity contribution in [1.82, 2.24) is 29.7 Å². The Balaban J connectivity index is 1.46. The van der Waals surface area contributed by atoms with Gasteiger partial charge >= 0.3 is 5.97 Å². The molecule has 0 radical (unpaired) electrons. The molecule has 4 fully saturated rings. The number of morpholine rings is 1. The number of esters is 1. The number of aliphatic hydroxyl groups is 5. The van der Waals surface area contributed by atoms with Gasteiger partial charge in [-0.25, -0.2) is 4.68 Å². The van der Waals surface area contributed by atoms with Gasteiger partial charge in [-0.05, 0) is 86.7 Å². The molecule has 4 saturated heterocycles. The number of hydrogen-bond acceptors (Lipinski definition) is 17. The number of carbonyl (C=O) groups is 2. The van der Waals surface area contributed by atoms with Crippen molar-refractivity contribution in [3.05, 3.63) is 11.9 Å². The Bertz CT molecular complexity index is 1710. The number of methoxy groups -OCH3 is 1. The Morgan fingerprint density at radius 2 is 1.67 bits per heavy atom. The van der Waals surface area contributed by atoms with E-state index in [0.717, 1.165) is 0 Å². The van der Waals surface area contributed by atoms with Crippen LogP contribution in [0.1, 0.15) is 101 Å². The minimum atomic E-state index is -1.81. The van der Waals surface area contributed by atoms with E-state index in [4.69, 9.17) is 28.4 Å². The van der Waals surface area contributed by atoms with Gasteiger partial charge in [-0.3, -0.25) is 9.59 Å². The second-order valence-electron chi connectivity index (χ2n) is 20.9. The molecular formula is C47H84N6O13. The van der Waals surface area contributed by atoms with Crippen molar-refractivity contribution in [2.75, 3.05) is 60.6 Å². The molecule has 5 N–H and O–H groups in total. The molecule has 1 amide bonds. The van der Waals surface area contributed by atoms with Crippen LogP contribution in [-0.2, 0) is 51.0 Å². The first-order valence-electron chi connectivity index (χ1n) is 24.2. The van der Waals surface area contributed by atoms with Crippen LogP contribution in [0.15, 0.2) is 6.20 Å². The predicted octanol–water partition coefficient (Wildman–Crippen LogP) is 1.24. The number of nitrogens with zero attached hydrogens (tertiary/aromatic N) is 6. The molecule has 5 rings (SSSR count). The fourth-order valence-corrected chi connectivity index (χ4v) is 11.2. The fourth-order valence-electron chi connectivity index (χ4n) is 11.2. The smallest absolute Gasteiger partial charge is 0.309 e. The number of ether oxygens (including phenoxy) is 6. The van der Waals surface area contributed by atoms with Crippen molar-refractivity contribution < 1.29 is 63.5 Å². The lowest BCUT2D eigenvalue weighted by atomic mass is 9.68. The summed E-state index contributed by atoms with van der Waals surface area (Å²) in [6.45, 7) is 21.0. The summed E-state index contributed by atoms with van der Waals surface area (Å²) < 4.78 is 39.0. The number of rotatable bonds is 11. The third-order valence-electron chi connectivity index (χ3n) is 15.4. The highest BCUT2D eigenvalue weighted by molar-refractivity contribution is 5.76. The first-order chi connectivity index (χ1) is 30.8. The van der Waals surface area contributed by atoms with Gasteiger partial charge in [-0.1, -0.05) is 32.9 Å². The minimum absolute atomic E-state index is 0.0437. The lowest BCUT2D eigenvalue weighted by molar-refractivity contribution is -0.302. The van der Waals surface area contributed by atoms with E-state index in [2.05, 4.69) is 10.3 Å². The van der Waals surface area contributed by atoms with Crippen LogP contribution in [0.3, 0.4) is 0 Å². The summed E-state index contributed by atoms with van der Waals surface area (Å²) >= 11 is 0. The van der Waals surface area contributed by atoms with Gasteiger partial charge in [0.2, 0.25) is 5.91 Å². The Morgan fingerprint density at radius 1 is 1.00 bits per heavy atom. The Labute approximate surface area is 392 Å². The molecule has 5 heterocycles. The van der Waals surface area contributed by atoms with Crippen LogP contribution in [0, 0.1) is 23.7 Å². The molecule has 66 heavy (non-hydrogen) atoms. The zero-order valence-electron chi connectivity index (χ0n) is 41.9. The van der Waals surface area contributed by atoms with Gasteiger partial charge in [-0.2, -0.15) is 0 Å². The molecule has 4 aliphatic heterocycles. The SMILES string of the molecule is CC[C@H]1OC(=O)[C@H](C)C([C@H]2C[C@@](C)(OC)[C@@H](O)[C@H](C)O2)[C@H](C)[C@@H](O[C@@H]2O[C@H](C)C[C@H](N(C)CCc3cn(CC(=O)N4CCOCC4)nn3)[C@H]2O)[C@](C)(O)C[C@@H](C)CN(C)[C@H](C)[C@@H](O)[C@]1(C)O. The third kappa shape index (κ3) is 12.5. The van der Waals surface area contributed by atoms with Gasteiger partial charge in [0.15, 0.2) is 6.29 Å². The maximum atomic E-state index is 14.6. The molecule has 4 aliphatic rings. The topological polar surface area (TPSA) is 231 Å². The number of aromatic nitrogens is 3. The highest BCUT2D eigenvalue weighted by atomic mass is 16.7. The first-order valence-corrected chi connectivity index (χ1v) is 24.2. The zero-order valence-corrected chi connectivity index (χ0v) is 41.9. The van der Waals surface area contributed by atoms with Gasteiger partial charge in [0.05, 0.1) is 60.4 Å². The molecule has 19 nitrogen and oxygen atoms in total. The summed E-state index contributed by atoms with van der Waals surface area (Å²) in [6.07, 6.45) is -5.14. The summed E-state index contributed by atoms with van der Waals surface area (Å²) in [5, 5.41) is 68.4. The van der Waals surface area contributed by atoms with E-state index < -0.39 is 102 Å². The van der Waals surface area contributed by atoms with Crippen LogP contribution in [0.5, 0.6) is 0 Å². The molecule has 0 bridgehead atoms. The first kappa shape index (κ1) is 54.5. The second-order valence-corrected chi connectivity index (χ2v) is 20.9. The lowest BCUT2D eigenvalue weighted by Crippen LogP contribution is -2.62. The van der Waals surface area contributed by atoms with E-state index in [1.807, 2.05) is 51.6 Å². The van der Waals surface area contributed by atoms with E-state index >= 15 is 0 Å². The number of aliphatic hydroxyl groups excluding tert-OH is 3. The summed E-state index contributed by atoms with van der Waals surface area (Å²) in [7, 11) is 5.29. The molecule has 19 heteroatoms. The van der Waals surface area contributed by atoms with E-state index in [1.54, 1.807) is 50.4 Å². The molecular weight excluding hydrogens is 857 g/mol. The van der Waals surface area contributed by atoms with E-state index in [9.17, 15) is 35.1 Å². The fraction of sp³-hybridized carbons (Fsp3) is 0.915. The van der Waals surface area contributed by atoms with Crippen LogP contribution in [0.25, 0.3) is 0 Å². The predicted molar refractivity (Wildman–Crippen MR) is 243 cm³/mol. The molecule has 1 aromatic heterocycles. The highest BCUT2D eigenvalue weighted by Gasteiger charge is 2.55. The monoisotopic (exact) mass is 941 g/mol. The molecule has 380 valence electrons. The highest BCUT2D eigenvalue weighted by Crippen LogP contribution is 2.45.